The van der Waals surface area contributed by atoms with Gasteiger partial charge in [0.2, 0.25) is 11.8 Å². The Bertz CT molecular complexity index is 1230. The van der Waals surface area contributed by atoms with Crippen LogP contribution in [0.15, 0.2) is 47.3 Å². The number of amides is 2. The van der Waals surface area contributed by atoms with Gasteiger partial charge in [0.15, 0.2) is 0 Å². The first-order valence-electron chi connectivity index (χ1n) is 10.5. The van der Waals surface area contributed by atoms with Gasteiger partial charge in [-0.3, -0.25) is 18.7 Å². The minimum Gasteiger partial charge on any atom is -0.344 e. The van der Waals surface area contributed by atoms with E-state index < -0.39 is 17.7 Å². The summed E-state index contributed by atoms with van der Waals surface area (Å²) in [5.41, 5.74) is 1.54. The molecule has 1 aromatic heterocycles. The SMILES string of the molecule is Cn1c(=O)n(CCC(=O)NC2CCCN(Cc3ccc(F)cc3F)C2=O)c2ccccc21. The molecule has 1 aliphatic rings. The third-order valence-electron chi connectivity index (χ3n) is 5.86. The van der Waals surface area contributed by atoms with Gasteiger partial charge < -0.3 is 10.2 Å². The van der Waals surface area contributed by atoms with Crippen molar-refractivity contribution in [1.29, 1.82) is 0 Å². The van der Waals surface area contributed by atoms with Gasteiger partial charge in [-0.1, -0.05) is 18.2 Å². The summed E-state index contributed by atoms with van der Waals surface area (Å²) in [7, 11) is 1.68. The van der Waals surface area contributed by atoms with Crippen LogP contribution in [0.2, 0.25) is 0 Å². The smallest absolute Gasteiger partial charge is 0.328 e. The summed E-state index contributed by atoms with van der Waals surface area (Å²) in [6.07, 6.45) is 1.19. The summed E-state index contributed by atoms with van der Waals surface area (Å²) in [4.78, 5) is 39.3. The zero-order valence-corrected chi connectivity index (χ0v) is 17.7. The number of carbonyl (C=O) groups is 2. The fourth-order valence-corrected chi connectivity index (χ4v) is 4.15. The molecular formula is C23H24F2N4O3. The molecule has 1 saturated heterocycles. The zero-order chi connectivity index (χ0) is 22.8. The van der Waals surface area contributed by atoms with Crippen molar-refractivity contribution in [2.45, 2.75) is 38.4 Å². The van der Waals surface area contributed by atoms with Gasteiger partial charge in [-0.15, -0.1) is 0 Å². The van der Waals surface area contributed by atoms with E-state index in [0.29, 0.717) is 19.4 Å². The molecule has 2 aromatic carbocycles. The van der Waals surface area contributed by atoms with E-state index in [-0.39, 0.29) is 42.6 Å². The number of hydrogen-bond acceptors (Lipinski definition) is 3. The summed E-state index contributed by atoms with van der Waals surface area (Å²) < 4.78 is 30.2. The van der Waals surface area contributed by atoms with Gasteiger partial charge in [0, 0.05) is 44.7 Å². The van der Waals surface area contributed by atoms with Crippen LogP contribution < -0.4 is 11.0 Å². The average Bonchev–Trinajstić information content (AvgIpc) is 3.01. The highest BCUT2D eigenvalue weighted by molar-refractivity contribution is 5.88. The first-order valence-corrected chi connectivity index (χ1v) is 10.5. The highest BCUT2D eigenvalue weighted by atomic mass is 19.1. The fraction of sp³-hybridized carbons (Fsp3) is 0.348. The lowest BCUT2D eigenvalue weighted by Gasteiger charge is -2.32. The Morgan fingerprint density at radius 1 is 1.12 bits per heavy atom. The van der Waals surface area contributed by atoms with Gasteiger partial charge in [0.1, 0.15) is 17.7 Å². The lowest BCUT2D eigenvalue weighted by atomic mass is 10.0. The third-order valence-corrected chi connectivity index (χ3v) is 5.86. The van der Waals surface area contributed by atoms with Crippen molar-refractivity contribution in [2.75, 3.05) is 6.54 Å². The molecule has 0 saturated carbocycles. The fourth-order valence-electron chi connectivity index (χ4n) is 4.15. The summed E-state index contributed by atoms with van der Waals surface area (Å²) in [6, 6.07) is 9.90. The maximum atomic E-state index is 14.0. The Morgan fingerprint density at radius 3 is 2.62 bits per heavy atom. The normalized spacial score (nSPS) is 16.5. The van der Waals surface area contributed by atoms with Crippen LogP contribution in [0.5, 0.6) is 0 Å². The number of rotatable bonds is 6. The summed E-state index contributed by atoms with van der Waals surface area (Å²) in [5.74, 6) is -2.01. The molecule has 2 amide bonds. The second kappa shape index (κ2) is 8.94. The number of nitrogens with zero attached hydrogens (tertiary/aromatic N) is 3. The molecule has 1 aliphatic heterocycles. The van der Waals surface area contributed by atoms with Crippen LogP contribution in [0.3, 0.4) is 0 Å². The molecule has 1 N–H and O–H groups in total. The highest BCUT2D eigenvalue weighted by Gasteiger charge is 2.30. The molecule has 168 valence electrons. The number of hydrogen-bond donors (Lipinski definition) is 1. The molecule has 2 heterocycles. The lowest BCUT2D eigenvalue weighted by Crippen LogP contribution is -2.52. The molecule has 1 atom stereocenters. The number of para-hydroxylation sites is 2. The largest absolute Gasteiger partial charge is 0.344 e. The van der Waals surface area contributed by atoms with E-state index in [1.807, 2.05) is 24.3 Å². The number of nitrogens with one attached hydrogen (secondary N) is 1. The maximum absolute atomic E-state index is 14.0. The summed E-state index contributed by atoms with van der Waals surface area (Å²) in [5, 5.41) is 2.75. The van der Waals surface area contributed by atoms with Crippen LogP contribution in [-0.2, 0) is 29.7 Å². The molecule has 0 radical (unpaired) electrons. The Labute approximate surface area is 183 Å². The first kappa shape index (κ1) is 21.7. The van der Waals surface area contributed by atoms with Gasteiger partial charge in [-0.25, -0.2) is 13.6 Å². The molecule has 4 rings (SSSR count). The van der Waals surface area contributed by atoms with E-state index in [9.17, 15) is 23.2 Å². The second-order valence-corrected chi connectivity index (χ2v) is 7.99. The predicted octanol–water partition coefficient (Wildman–Crippen LogP) is 2.32. The Kier molecular flexibility index (Phi) is 6.07. The van der Waals surface area contributed by atoms with Crippen molar-refractivity contribution < 1.29 is 18.4 Å². The Hall–Kier alpha value is -3.49. The van der Waals surface area contributed by atoms with Gasteiger partial charge in [-0.05, 0) is 31.0 Å². The second-order valence-electron chi connectivity index (χ2n) is 7.99. The Morgan fingerprint density at radius 2 is 1.88 bits per heavy atom. The quantitative estimate of drug-likeness (QED) is 0.637. The maximum Gasteiger partial charge on any atom is 0.328 e. The summed E-state index contributed by atoms with van der Waals surface area (Å²) in [6.45, 7) is 0.646. The van der Waals surface area contributed by atoms with Crippen molar-refractivity contribution in [2.24, 2.45) is 7.05 Å². The van der Waals surface area contributed by atoms with E-state index in [0.717, 1.165) is 23.2 Å². The number of aryl methyl sites for hydroxylation is 2. The van der Waals surface area contributed by atoms with Crippen molar-refractivity contribution in [1.82, 2.24) is 19.4 Å². The number of aromatic nitrogens is 2. The topological polar surface area (TPSA) is 76.3 Å². The first-order chi connectivity index (χ1) is 15.3. The highest BCUT2D eigenvalue weighted by Crippen LogP contribution is 2.18. The predicted molar refractivity (Wildman–Crippen MR) is 115 cm³/mol. The number of likely N-dealkylation sites (tertiary alicyclic amines) is 1. The molecule has 7 nitrogen and oxygen atoms in total. The monoisotopic (exact) mass is 442 g/mol. The zero-order valence-electron chi connectivity index (χ0n) is 17.7. The number of piperidine rings is 1. The lowest BCUT2D eigenvalue weighted by molar-refractivity contribution is -0.139. The third kappa shape index (κ3) is 4.28. The van der Waals surface area contributed by atoms with Crippen molar-refractivity contribution in [3.8, 4) is 0 Å². The van der Waals surface area contributed by atoms with Crippen LogP contribution in [0.1, 0.15) is 24.8 Å². The molecule has 0 bridgehead atoms. The molecule has 32 heavy (non-hydrogen) atoms. The van der Waals surface area contributed by atoms with E-state index in [1.54, 1.807) is 11.6 Å². The van der Waals surface area contributed by atoms with Crippen LogP contribution in [-0.4, -0.2) is 38.4 Å². The number of fused-ring (bicyclic) bond motifs is 1. The molecule has 0 aliphatic carbocycles. The average molecular weight is 442 g/mol. The van der Waals surface area contributed by atoms with E-state index in [2.05, 4.69) is 5.32 Å². The van der Waals surface area contributed by atoms with Crippen LogP contribution >= 0.6 is 0 Å². The standard InChI is InChI=1S/C23H24F2N4O3/c1-27-19-6-2-3-7-20(19)29(23(27)32)12-10-21(30)26-18-5-4-11-28(22(18)31)14-15-8-9-16(24)13-17(15)25/h2-3,6-9,13,18H,4-5,10-12,14H2,1H3,(H,26,30). The molecule has 1 unspecified atom stereocenters. The molecular weight excluding hydrogens is 418 g/mol. The number of carbonyl (C=O) groups excluding carboxylic acids is 2. The van der Waals surface area contributed by atoms with Crippen LogP contribution in [0, 0.1) is 11.6 Å². The molecule has 1 fully saturated rings. The number of benzene rings is 2. The minimum atomic E-state index is -0.705. The summed E-state index contributed by atoms with van der Waals surface area (Å²) >= 11 is 0. The van der Waals surface area contributed by atoms with Gasteiger partial charge >= 0.3 is 5.69 Å². The molecule has 9 heteroatoms. The van der Waals surface area contributed by atoms with Crippen LogP contribution in [0.4, 0.5) is 8.78 Å². The minimum absolute atomic E-state index is 0.0166. The van der Waals surface area contributed by atoms with Gasteiger partial charge in [0.05, 0.1) is 11.0 Å². The van der Waals surface area contributed by atoms with Crippen molar-refractivity contribution in [3.63, 3.8) is 0 Å². The molecule has 3 aromatic rings. The van der Waals surface area contributed by atoms with E-state index in [4.69, 9.17) is 0 Å². The van der Waals surface area contributed by atoms with Crippen LogP contribution in [0.25, 0.3) is 11.0 Å². The van der Waals surface area contributed by atoms with Crippen molar-refractivity contribution in [3.05, 3.63) is 70.1 Å². The van der Waals surface area contributed by atoms with E-state index >= 15 is 0 Å². The number of halogens is 2. The van der Waals surface area contributed by atoms with Gasteiger partial charge in [0.25, 0.3) is 0 Å². The molecule has 0 spiro atoms. The van der Waals surface area contributed by atoms with Crippen molar-refractivity contribution >= 4 is 22.8 Å². The van der Waals surface area contributed by atoms with Gasteiger partial charge in [-0.2, -0.15) is 0 Å². The van der Waals surface area contributed by atoms with E-state index in [1.165, 1.54) is 15.5 Å². The Balaban J connectivity index is 1.38. The number of imidazole rings is 1.